The van der Waals surface area contributed by atoms with E-state index in [4.69, 9.17) is 16.3 Å². The molecule has 0 heterocycles. The highest BCUT2D eigenvalue weighted by molar-refractivity contribution is 6.32. The van der Waals surface area contributed by atoms with Gasteiger partial charge in [-0.25, -0.2) is 0 Å². The van der Waals surface area contributed by atoms with E-state index >= 15 is 0 Å². The molecule has 0 fully saturated rings. The summed E-state index contributed by atoms with van der Waals surface area (Å²) in [7, 11) is 0. The number of halogens is 1. The monoisotopic (exact) mass is 318 g/mol. The maximum Gasteiger partial charge on any atom is 0.311 e. The molecule has 1 N–H and O–H groups in total. The Morgan fingerprint density at radius 3 is 2.41 bits per heavy atom. The van der Waals surface area contributed by atoms with E-state index in [0.717, 1.165) is 16.7 Å². The molecular formula is C18H19ClO3. The van der Waals surface area contributed by atoms with Gasteiger partial charge in [0.15, 0.2) is 0 Å². The molecule has 22 heavy (non-hydrogen) atoms. The van der Waals surface area contributed by atoms with Gasteiger partial charge in [0.25, 0.3) is 0 Å². The van der Waals surface area contributed by atoms with Gasteiger partial charge in [-0.05, 0) is 43.5 Å². The molecule has 116 valence electrons. The van der Waals surface area contributed by atoms with Crippen LogP contribution in [0.15, 0.2) is 42.5 Å². The first kappa shape index (κ1) is 16.4. The summed E-state index contributed by atoms with van der Waals surface area (Å²) >= 11 is 6.07. The van der Waals surface area contributed by atoms with E-state index in [9.17, 15) is 9.90 Å². The minimum Gasteiger partial charge on any atom is -0.492 e. The first-order chi connectivity index (χ1) is 10.5. The van der Waals surface area contributed by atoms with Crippen molar-refractivity contribution in [2.75, 3.05) is 6.61 Å². The van der Waals surface area contributed by atoms with Crippen LogP contribution in [0.3, 0.4) is 0 Å². The molecule has 2 rings (SSSR count). The lowest BCUT2D eigenvalue weighted by Gasteiger charge is -2.14. The number of hydrogen-bond acceptors (Lipinski definition) is 2. The smallest absolute Gasteiger partial charge is 0.311 e. The summed E-state index contributed by atoms with van der Waals surface area (Å²) in [5.41, 5.74) is 2.94. The topological polar surface area (TPSA) is 46.5 Å². The predicted molar refractivity (Wildman–Crippen MR) is 87.9 cm³/mol. The van der Waals surface area contributed by atoms with Gasteiger partial charge in [0.1, 0.15) is 5.75 Å². The number of carbonyl (C=O) groups is 1. The van der Waals surface area contributed by atoms with Crippen molar-refractivity contribution in [3.05, 3.63) is 64.2 Å². The van der Waals surface area contributed by atoms with Gasteiger partial charge < -0.3 is 9.84 Å². The quantitative estimate of drug-likeness (QED) is 0.847. The highest BCUT2D eigenvalue weighted by atomic mass is 35.5. The van der Waals surface area contributed by atoms with Crippen molar-refractivity contribution in [3.63, 3.8) is 0 Å². The molecule has 0 spiro atoms. The van der Waals surface area contributed by atoms with Crippen LogP contribution in [-0.2, 0) is 4.79 Å². The fourth-order valence-corrected chi connectivity index (χ4v) is 2.41. The number of rotatable bonds is 6. The van der Waals surface area contributed by atoms with E-state index in [2.05, 4.69) is 0 Å². The molecule has 4 heteroatoms. The summed E-state index contributed by atoms with van der Waals surface area (Å²) in [5, 5.41) is 9.95. The van der Waals surface area contributed by atoms with E-state index in [-0.39, 0.29) is 0 Å². The zero-order chi connectivity index (χ0) is 16.1. The van der Waals surface area contributed by atoms with Crippen LogP contribution in [0.5, 0.6) is 5.75 Å². The second kappa shape index (κ2) is 7.32. The average Bonchev–Trinajstić information content (AvgIpc) is 2.48. The van der Waals surface area contributed by atoms with Gasteiger partial charge in [0, 0.05) is 0 Å². The summed E-state index contributed by atoms with van der Waals surface area (Å²) in [4.78, 5) is 11.5. The third-order valence-corrected chi connectivity index (χ3v) is 3.84. The number of hydrogen-bond donors (Lipinski definition) is 1. The van der Waals surface area contributed by atoms with Crippen LogP contribution in [-0.4, -0.2) is 17.7 Å². The Morgan fingerprint density at radius 1 is 1.14 bits per heavy atom. The zero-order valence-corrected chi connectivity index (χ0v) is 13.4. The molecule has 0 aromatic heterocycles. The molecule has 0 aliphatic rings. The standard InChI is InChI=1S/C18H19ClO3/c1-12-3-6-14(7-4-12)15(18(20)21)9-10-22-17-11-13(2)5-8-16(17)19/h3-8,11,15H,9-10H2,1-2H3,(H,20,21). The number of aryl methyl sites for hydroxylation is 2. The van der Waals surface area contributed by atoms with Crippen molar-refractivity contribution in [2.45, 2.75) is 26.2 Å². The fraction of sp³-hybridized carbons (Fsp3) is 0.278. The normalized spacial score (nSPS) is 12.0. The number of aliphatic carboxylic acids is 1. The highest BCUT2D eigenvalue weighted by Crippen LogP contribution is 2.27. The van der Waals surface area contributed by atoms with Crippen LogP contribution in [0.25, 0.3) is 0 Å². The molecule has 1 atom stereocenters. The van der Waals surface area contributed by atoms with Gasteiger partial charge in [-0.3, -0.25) is 4.79 Å². The van der Waals surface area contributed by atoms with Gasteiger partial charge in [-0.2, -0.15) is 0 Å². The zero-order valence-electron chi connectivity index (χ0n) is 12.7. The fourth-order valence-electron chi connectivity index (χ4n) is 2.24. The van der Waals surface area contributed by atoms with Crippen LogP contribution >= 0.6 is 11.6 Å². The molecule has 1 unspecified atom stereocenters. The van der Waals surface area contributed by atoms with Crippen molar-refractivity contribution in [1.82, 2.24) is 0 Å². The SMILES string of the molecule is Cc1ccc(C(CCOc2cc(C)ccc2Cl)C(=O)O)cc1. The molecule has 0 aliphatic carbocycles. The number of carboxylic acid groups (broad SMARTS) is 1. The average molecular weight is 319 g/mol. The Labute approximate surface area is 135 Å². The van der Waals surface area contributed by atoms with Crippen LogP contribution in [0.2, 0.25) is 5.02 Å². The second-order valence-corrected chi connectivity index (χ2v) is 5.78. The predicted octanol–water partition coefficient (Wildman–Crippen LogP) is 4.59. The van der Waals surface area contributed by atoms with Gasteiger partial charge in [-0.1, -0.05) is 47.5 Å². The Kier molecular flexibility index (Phi) is 5.45. The number of carboxylic acids is 1. The molecule has 3 nitrogen and oxygen atoms in total. The van der Waals surface area contributed by atoms with E-state index in [1.165, 1.54) is 0 Å². The lowest BCUT2D eigenvalue weighted by molar-refractivity contribution is -0.139. The third-order valence-electron chi connectivity index (χ3n) is 3.53. The molecular weight excluding hydrogens is 300 g/mol. The Hall–Kier alpha value is -2.00. The maximum atomic E-state index is 11.5. The minimum atomic E-state index is -0.845. The molecule has 0 bridgehead atoms. The summed E-state index contributed by atoms with van der Waals surface area (Å²) in [6.45, 7) is 4.23. The van der Waals surface area contributed by atoms with E-state index in [1.54, 1.807) is 6.07 Å². The van der Waals surface area contributed by atoms with Crippen molar-refractivity contribution in [2.24, 2.45) is 0 Å². The Balaban J connectivity index is 2.02. The minimum absolute atomic E-state index is 0.300. The first-order valence-corrected chi connectivity index (χ1v) is 7.53. The van der Waals surface area contributed by atoms with Crippen LogP contribution in [0, 0.1) is 13.8 Å². The number of benzene rings is 2. The molecule has 0 saturated carbocycles. The maximum absolute atomic E-state index is 11.5. The summed E-state index contributed by atoms with van der Waals surface area (Å²) in [6, 6.07) is 13.1. The molecule has 0 amide bonds. The lowest BCUT2D eigenvalue weighted by Crippen LogP contribution is -2.15. The summed E-state index contributed by atoms with van der Waals surface area (Å²) in [5.74, 6) is -0.832. The van der Waals surface area contributed by atoms with Crippen LogP contribution in [0.1, 0.15) is 29.0 Å². The van der Waals surface area contributed by atoms with Gasteiger partial charge in [-0.15, -0.1) is 0 Å². The Bertz CT molecular complexity index is 650. The van der Waals surface area contributed by atoms with Crippen molar-refractivity contribution >= 4 is 17.6 Å². The highest BCUT2D eigenvalue weighted by Gasteiger charge is 2.19. The van der Waals surface area contributed by atoms with E-state index in [0.29, 0.717) is 23.8 Å². The molecule has 0 radical (unpaired) electrons. The van der Waals surface area contributed by atoms with Crippen molar-refractivity contribution in [3.8, 4) is 5.75 Å². The first-order valence-electron chi connectivity index (χ1n) is 7.15. The van der Waals surface area contributed by atoms with Gasteiger partial charge in [0.2, 0.25) is 0 Å². The molecule has 2 aromatic rings. The lowest BCUT2D eigenvalue weighted by atomic mass is 9.95. The number of ether oxygens (including phenoxy) is 1. The molecule has 0 aliphatic heterocycles. The molecule has 0 saturated heterocycles. The second-order valence-electron chi connectivity index (χ2n) is 5.37. The van der Waals surface area contributed by atoms with Crippen molar-refractivity contribution < 1.29 is 14.6 Å². The largest absolute Gasteiger partial charge is 0.492 e. The molecule has 2 aromatic carbocycles. The van der Waals surface area contributed by atoms with Gasteiger partial charge >= 0.3 is 5.97 Å². The Morgan fingerprint density at radius 2 is 1.77 bits per heavy atom. The van der Waals surface area contributed by atoms with E-state index < -0.39 is 11.9 Å². The summed E-state index contributed by atoms with van der Waals surface area (Å²) in [6.07, 6.45) is 0.392. The van der Waals surface area contributed by atoms with Gasteiger partial charge in [0.05, 0.1) is 17.5 Å². The van der Waals surface area contributed by atoms with Crippen molar-refractivity contribution in [1.29, 1.82) is 0 Å². The third kappa shape index (κ3) is 4.25. The van der Waals surface area contributed by atoms with Crippen LogP contribution < -0.4 is 4.74 Å². The van der Waals surface area contributed by atoms with Crippen LogP contribution in [0.4, 0.5) is 0 Å². The van der Waals surface area contributed by atoms with E-state index in [1.807, 2.05) is 50.2 Å². The summed E-state index contributed by atoms with van der Waals surface area (Å²) < 4.78 is 5.65.